The van der Waals surface area contributed by atoms with Gasteiger partial charge in [0.15, 0.2) is 11.6 Å². The molecule has 1 rings (SSSR count). The van der Waals surface area contributed by atoms with Crippen molar-refractivity contribution in [3.05, 3.63) is 11.3 Å². The number of allylic oxidation sites excluding steroid dienone is 2. The lowest BCUT2D eigenvalue weighted by Crippen LogP contribution is -2.12. The molecule has 0 aromatic heterocycles. The van der Waals surface area contributed by atoms with E-state index in [-0.39, 0.29) is 34.7 Å². The molecule has 0 heterocycles. The molecule has 0 saturated carbocycles. The van der Waals surface area contributed by atoms with Crippen molar-refractivity contribution in [3.8, 4) is 0 Å². The van der Waals surface area contributed by atoms with Crippen molar-refractivity contribution in [2.45, 2.75) is 53.4 Å². The number of ketones is 2. The van der Waals surface area contributed by atoms with Gasteiger partial charge in [0.05, 0.1) is 5.57 Å². The van der Waals surface area contributed by atoms with Crippen LogP contribution in [-0.2, 0) is 9.59 Å². The molecule has 0 saturated heterocycles. The van der Waals surface area contributed by atoms with Gasteiger partial charge >= 0.3 is 0 Å². The van der Waals surface area contributed by atoms with Crippen molar-refractivity contribution in [1.82, 2.24) is 0 Å². The zero-order chi connectivity index (χ0) is 13.9. The predicted molar refractivity (Wildman–Crippen MR) is 71.3 cm³/mol. The molecule has 1 aliphatic rings. The lowest BCUT2D eigenvalue weighted by atomic mass is 9.96. The highest BCUT2D eigenvalue weighted by Gasteiger charge is 2.35. The molecule has 3 heteroatoms. The van der Waals surface area contributed by atoms with E-state index in [9.17, 15) is 14.7 Å². The van der Waals surface area contributed by atoms with Crippen LogP contribution in [-0.4, -0.2) is 16.7 Å². The van der Waals surface area contributed by atoms with Crippen LogP contribution < -0.4 is 0 Å². The van der Waals surface area contributed by atoms with Gasteiger partial charge in [-0.1, -0.05) is 34.1 Å². The minimum absolute atomic E-state index is 0.0475. The van der Waals surface area contributed by atoms with Crippen LogP contribution in [0, 0.1) is 17.8 Å². The van der Waals surface area contributed by atoms with Crippen LogP contribution in [0.15, 0.2) is 11.3 Å². The molecule has 0 radical (unpaired) electrons. The second-order valence-electron chi connectivity index (χ2n) is 6.08. The second kappa shape index (κ2) is 6.17. The predicted octanol–water partition coefficient (Wildman–Crippen LogP) is 3.44. The SMILES string of the molecule is CC(C)CC[C@H]1CC(=O)C(C(=O)CC(C)C)=C1O. The van der Waals surface area contributed by atoms with Crippen LogP contribution in [0.2, 0.25) is 0 Å². The van der Waals surface area contributed by atoms with Gasteiger partial charge in [0.25, 0.3) is 0 Å². The van der Waals surface area contributed by atoms with E-state index in [4.69, 9.17) is 0 Å². The summed E-state index contributed by atoms with van der Waals surface area (Å²) in [5.41, 5.74) is 0.0810. The first-order valence-corrected chi connectivity index (χ1v) is 6.82. The van der Waals surface area contributed by atoms with E-state index < -0.39 is 0 Å². The van der Waals surface area contributed by atoms with Crippen LogP contribution in [0.1, 0.15) is 53.4 Å². The zero-order valence-electron chi connectivity index (χ0n) is 11.8. The molecule has 0 aromatic rings. The third-order valence-electron chi connectivity index (χ3n) is 3.32. The maximum atomic E-state index is 11.9. The summed E-state index contributed by atoms with van der Waals surface area (Å²) in [6.07, 6.45) is 2.39. The standard InChI is InChI=1S/C15H24O3/c1-9(2)5-6-11-8-13(17)14(15(11)18)12(16)7-10(3)4/h9-11,18H,5-8H2,1-4H3/t11-/m0/s1. The quantitative estimate of drug-likeness (QED) is 0.737. The molecular weight excluding hydrogens is 228 g/mol. The normalized spacial score (nSPS) is 20.3. The summed E-state index contributed by atoms with van der Waals surface area (Å²) in [4.78, 5) is 23.7. The zero-order valence-corrected chi connectivity index (χ0v) is 11.8. The molecule has 0 spiro atoms. The van der Waals surface area contributed by atoms with Crippen LogP contribution in [0.5, 0.6) is 0 Å². The first-order valence-electron chi connectivity index (χ1n) is 6.82. The average molecular weight is 252 g/mol. The number of aliphatic hydroxyl groups excluding tert-OH is 1. The van der Waals surface area contributed by atoms with Crippen LogP contribution in [0.4, 0.5) is 0 Å². The molecule has 18 heavy (non-hydrogen) atoms. The Balaban J connectivity index is 2.76. The van der Waals surface area contributed by atoms with E-state index in [0.29, 0.717) is 18.8 Å². The fourth-order valence-electron chi connectivity index (χ4n) is 2.31. The van der Waals surface area contributed by atoms with Gasteiger partial charge in [-0.25, -0.2) is 0 Å². The largest absolute Gasteiger partial charge is 0.511 e. The Labute approximate surface area is 109 Å². The summed E-state index contributed by atoms with van der Waals surface area (Å²) in [5.74, 6) is 0.299. The van der Waals surface area contributed by atoms with Crippen LogP contribution in [0.25, 0.3) is 0 Å². The second-order valence-corrected chi connectivity index (χ2v) is 6.08. The molecule has 0 unspecified atom stereocenters. The van der Waals surface area contributed by atoms with Gasteiger partial charge < -0.3 is 5.11 Å². The smallest absolute Gasteiger partial charge is 0.170 e. The van der Waals surface area contributed by atoms with Gasteiger partial charge in [-0.3, -0.25) is 9.59 Å². The van der Waals surface area contributed by atoms with Gasteiger partial charge in [-0.05, 0) is 18.3 Å². The molecule has 0 aliphatic heterocycles. The summed E-state index contributed by atoms with van der Waals surface area (Å²) >= 11 is 0. The number of hydrogen-bond acceptors (Lipinski definition) is 3. The van der Waals surface area contributed by atoms with Gasteiger partial charge in [0.2, 0.25) is 0 Å². The van der Waals surface area contributed by atoms with Crippen molar-refractivity contribution < 1.29 is 14.7 Å². The lowest BCUT2D eigenvalue weighted by Gasteiger charge is -2.11. The average Bonchev–Trinajstić information content (AvgIpc) is 2.49. The Morgan fingerprint density at radius 3 is 2.39 bits per heavy atom. The Kier molecular flexibility index (Phi) is 5.12. The molecule has 1 aliphatic carbocycles. The molecule has 0 amide bonds. The van der Waals surface area contributed by atoms with Gasteiger partial charge in [-0.2, -0.15) is 0 Å². The number of carbonyl (C=O) groups excluding carboxylic acids is 2. The van der Waals surface area contributed by atoms with Crippen molar-refractivity contribution in [3.63, 3.8) is 0 Å². The first kappa shape index (κ1) is 14.9. The molecule has 0 bridgehead atoms. The van der Waals surface area contributed by atoms with E-state index in [0.717, 1.165) is 12.8 Å². The Hall–Kier alpha value is -1.12. The molecular formula is C15H24O3. The number of hydrogen-bond donors (Lipinski definition) is 1. The monoisotopic (exact) mass is 252 g/mol. The van der Waals surface area contributed by atoms with Crippen molar-refractivity contribution in [1.29, 1.82) is 0 Å². The Morgan fingerprint density at radius 1 is 1.28 bits per heavy atom. The number of rotatable bonds is 6. The topological polar surface area (TPSA) is 54.4 Å². The summed E-state index contributed by atoms with van der Waals surface area (Å²) in [6.45, 7) is 8.10. The van der Waals surface area contributed by atoms with Crippen LogP contribution in [0.3, 0.4) is 0 Å². The van der Waals surface area contributed by atoms with Crippen molar-refractivity contribution in [2.24, 2.45) is 17.8 Å². The number of aliphatic hydroxyl groups is 1. The summed E-state index contributed by atoms with van der Waals surface area (Å²) in [5, 5.41) is 10.1. The minimum atomic E-state index is -0.195. The molecule has 1 atom stereocenters. The highest BCUT2D eigenvalue weighted by atomic mass is 16.3. The third kappa shape index (κ3) is 3.69. The lowest BCUT2D eigenvalue weighted by molar-refractivity contribution is -0.121. The fourth-order valence-corrected chi connectivity index (χ4v) is 2.31. The Morgan fingerprint density at radius 2 is 1.89 bits per heavy atom. The van der Waals surface area contributed by atoms with Gasteiger partial charge in [-0.15, -0.1) is 0 Å². The van der Waals surface area contributed by atoms with E-state index in [2.05, 4.69) is 13.8 Å². The van der Waals surface area contributed by atoms with E-state index in [1.165, 1.54) is 0 Å². The van der Waals surface area contributed by atoms with Crippen molar-refractivity contribution >= 4 is 11.6 Å². The van der Waals surface area contributed by atoms with E-state index >= 15 is 0 Å². The van der Waals surface area contributed by atoms with Gasteiger partial charge in [0.1, 0.15) is 5.76 Å². The maximum Gasteiger partial charge on any atom is 0.170 e. The highest BCUT2D eigenvalue weighted by molar-refractivity contribution is 6.22. The fraction of sp³-hybridized carbons (Fsp3) is 0.733. The molecule has 3 nitrogen and oxygen atoms in total. The van der Waals surface area contributed by atoms with Crippen molar-refractivity contribution in [2.75, 3.05) is 0 Å². The first-order chi connectivity index (χ1) is 8.32. The summed E-state index contributed by atoms with van der Waals surface area (Å²) in [6, 6.07) is 0. The van der Waals surface area contributed by atoms with Gasteiger partial charge in [0, 0.05) is 18.8 Å². The number of carbonyl (C=O) groups is 2. The molecule has 0 aromatic carbocycles. The number of Topliss-reactive ketones (excluding diaryl/α,β-unsaturated/α-hetero) is 2. The third-order valence-corrected chi connectivity index (χ3v) is 3.32. The van der Waals surface area contributed by atoms with E-state index in [1.807, 2.05) is 13.8 Å². The summed E-state index contributed by atoms with van der Waals surface area (Å²) in [7, 11) is 0. The maximum absolute atomic E-state index is 11.9. The van der Waals surface area contributed by atoms with E-state index in [1.54, 1.807) is 0 Å². The highest BCUT2D eigenvalue weighted by Crippen LogP contribution is 2.33. The summed E-state index contributed by atoms with van der Waals surface area (Å²) < 4.78 is 0. The Bertz CT molecular complexity index is 364. The molecule has 1 N–H and O–H groups in total. The molecule has 0 fully saturated rings. The van der Waals surface area contributed by atoms with Crippen LogP contribution >= 0.6 is 0 Å². The minimum Gasteiger partial charge on any atom is -0.511 e. The molecule has 102 valence electrons.